The van der Waals surface area contributed by atoms with Gasteiger partial charge in [-0.15, -0.1) is 23.3 Å². The fourth-order valence-electron chi connectivity index (χ4n) is 0. The molecule has 4 heavy (non-hydrogen) atoms. The van der Waals surface area contributed by atoms with Crippen molar-refractivity contribution < 1.29 is 0 Å². The van der Waals surface area contributed by atoms with Gasteiger partial charge in [-0.25, -0.2) is 0 Å². The maximum absolute atomic E-state index is 3.22. The first kappa shape index (κ1) is 16.2. The van der Waals surface area contributed by atoms with E-state index >= 15 is 0 Å². The van der Waals surface area contributed by atoms with Gasteiger partial charge in [-0.05, 0) is 0 Å². The van der Waals surface area contributed by atoms with Crippen molar-refractivity contribution in [3.8, 4) is 0 Å². The first-order valence-corrected chi connectivity index (χ1v) is 1.80. The topological polar surface area (TPSA) is 0 Å². The molecule has 0 fully saturated rings. The Morgan fingerprint density at radius 2 is 1.00 bits per heavy atom. The molecule has 0 saturated heterocycles. The third-order valence-corrected chi connectivity index (χ3v) is 0. The van der Waals surface area contributed by atoms with Gasteiger partial charge in [0, 0.05) is 0 Å². The van der Waals surface area contributed by atoms with Gasteiger partial charge >= 0.3 is 49.8 Å². The summed E-state index contributed by atoms with van der Waals surface area (Å²) < 4.78 is 0. The molecule has 26 valence electrons. The van der Waals surface area contributed by atoms with Crippen LogP contribution < -0.4 is 0 Å². The van der Waals surface area contributed by atoms with E-state index in [4.69, 9.17) is 0 Å². The Bertz CT molecular complexity index is 6.00. The van der Waals surface area contributed by atoms with Crippen LogP contribution in [-0.2, 0) is 0 Å². The van der Waals surface area contributed by atoms with Gasteiger partial charge in [0.05, 0.1) is 0 Å². The van der Waals surface area contributed by atoms with Crippen molar-refractivity contribution in [1.29, 1.82) is 0 Å². The van der Waals surface area contributed by atoms with Crippen molar-refractivity contribution in [2.24, 2.45) is 0 Å². The molecule has 0 aliphatic rings. The molecule has 0 aromatic carbocycles. The van der Waals surface area contributed by atoms with Gasteiger partial charge < -0.3 is 0 Å². The van der Waals surface area contributed by atoms with Crippen LogP contribution in [0.1, 0.15) is 0 Å². The Morgan fingerprint density at radius 1 is 1.00 bits per heavy atom. The third-order valence-electron chi connectivity index (χ3n) is 0. The van der Waals surface area contributed by atoms with E-state index in [1.54, 1.807) is 0 Å². The van der Waals surface area contributed by atoms with E-state index in [2.05, 4.69) is 23.3 Å². The minimum absolute atomic E-state index is 0. The molecule has 4 heteroatoms. The Kier molecular flexibility index (Phi) is 73.8. The van der Waals surface area contributed by atoms with E-state index in [1.807, 2.05) is 0 Å². The zero-order valence-electron chi connectivity index (χ0n) is 1.60. The van der Waals surface area contributed by atoms with Crippen molar-refractivity contribution >= 4 is 73.1 Å². The molecule has 2 radical (unpaired) electrons. The predicted molar refractivity (Wildman–Crippen MR) is 36.5 cm³/mol. The summed E-state index contributed by atoms with van der Waals surface area (Å²) in [5.41, 5.74) is 0. The molecule has 0 nitrogen and oxygen atoms in total. The Morgan fingerprint density at radius 3 is 1.00 bits per heavy atom. The van der Waals surface area contributed by atoms with Crippen molar-refractivity contribution in [3.63, 3.8) is 0 Å². The zero-order valence-corrected chi connectivity index (χ0v) is 7.43. The number of thiol groups is 2. The summed E-state index contributed by atoms with van der Waals surface area (Å²) in [5, 5.41) is 0. The number of rotatable bonds is 0. The third kappa shape index (κ3) is 8.84. The molecule has 0 aliphatic heterocycles. The van der Waals surface area contributed by atoms with Crippen LogP contribution in [-0.4, -0.2) is 49.8 Å². The van der Waals surface area contributed by atoms with Gasteiger partial charge in [-0.3, -0.25) is 0 Å². The van der Waals surface area contributed by atoms with Crippen LogP contribution in [0.25, 0.3) is 0 Å². The standard InChI is InChI=1S/In.H2S2.Sn.5H/c;1-2;;;;;;/h;1-2H;;;;;;. The van der Waals surface area contributed by atoms with E-state index in [0.29, 0.717) is 0 Å². The van der Waals surface area contributed by atoms with Gasteiger partial charge in [-0.1, -0.05) is 0 Å². The maximum atomic E-state index is 3.22. The van der Waals surface area contributed by atoms with Gasteiger partial charge in [0.15, 0.2) is 0 Å². The molecule has 0 bridgehead atoms. The fourth-order valence-corrected chi connectivity index (χ4v) is 0. The molecule has 0 spiro atoms. The van der Waals surface area contributed by atoms with Crippen LogP contribution in [0.15, 0.2) is 0 Å². The second-order valence-electron chi connectivity index (χ2n) is 0. The average Bonchev–Trinajstić information content (AvgIpc) is 1.00. The Labute approximate surface area is 72.1 Å². The summed E-state index contributed by atoms with van der Waals surface area (Å²) >= 11 is 6.44. The van der Waals surface area contributed by atoms with E-state index < -0.39 is 0 Å². The van der Waals surface area contributed by atoms with Gasteiger partial charge in [0.1, 0.15) is 0 Å². The molecule has 0 aromatic heterocycles. The predicted octanol–water partition coefficient (Wildman–Crippen LogP) is -1.34. The summed E-state index contributed by atoms with van der Waals surface area (Å²) in [5.74, 6) is 0. The first-order chi connectivity index (χ1) is 1.00. The molecular formula is H7InS2Sn. The fraction of sp³-hybridized carbons (Fsp3) is 0. The zero-order chi connectivity index (χ0) is 2.00. The van der Waals surface area contributed by atoms with Gasteiger partial charge in [0.25, 0.3) is 0 Å². The summed E-state index contributed by atoms with van der Waals surface area (Å²) in [6.45, 7) is 0. The van der Waals surface area contributed by atoms with Crippen LogP contribution in [0.5, 0.6) is 0 Å². The molecule has 0 saturated carbocycles. The van der Waals surface area contributed by atoms with Crippen molar-refractivity contribution in [2.45, 2.75) is 0 Å². The van der Waals surface area contributed by atoms with Crippen molar-refractivity contribution in [2.75, 3.05) is 0 Å². The first-order valence-electron chi connectivity index (χ1n) is 0.200. The number of hydrogen-bond acceptors (Lipinski definition) is 2. The van der Waals surface area contributed by atoms with Crippen LogP contribution in [0.3, 0.4) is 0 Å². The number of hydrogen-bond donors (Lipinski definition) is 2. The quantitative estimate of drug-likeness (QED) is 0.309. The summed E-state index contributed by atoms with van der Waals surface area (Å²) in [6, 6.07) is 0. The van der Waals surface area contributed by atoms with E-state index in [1.165, 1.54) is 0 Å². The van der Waals surface area contributed by atoms with E-state index in [9.17, 15) is 0 Å². The van der Waals surface area contributed by atoms with Crippen molar-refractivity contribution in [3.05, 3.63) is 0 Å². The van der Waals surface area contributed by atoms with Crippen molar-refractivity contribution in [1.82, 2.24) is 0 Å². The van der Waals surface area contributed by atoms with Crippen LogP contribution in [0.4, 0.5) is 0 Å². The summed E-state index contributed by atoms with van der Waals surface area (Å²) in [4.78, 5) is 0. The average molecular weight is 305 g/mol. The second-order valence-corrected chi connectivity index (χ2v) is 0. The summed E-state index contributed by atoms with van der Waals surface area (Å²) in [7, 11) is 0. The normalized spacial score (nSPS) is 1.50. The van der Waals surface area contributed by atoms with Gasteiger partial charge in [0.2, 0.25) is 0 Å². The molecule has 0 amide bonds. The molecule has 0 aliphatic carbocycles. The van der Waals surface area contributed by atoms with Gasteiger partial charge in [-0.2, -0.15) is 0 Å². The Hall–Kier alpha value is 2.37. The molecule has 0 N–H and O–H groups in total. The monoisotopic (exact) mass is 306 g/mol. The molecule has 0 heterocycles. The SMILES string of the molecule is SS.[InH3].[SnH2]. The summed E-state index contributed by atoms with van der Waals surface area (Å²) in [6.07, 6.45) is 0. The molecule has 0 rings (SSSR count). The van der Waals surface area contributed by atoms with Crippen LogP contribution in [0, 0.1) is 0 Å². The van der Waals surface area contributed by atoms with Crippen LogP contribution >= 0.6 is 23.3 Å². The minimum atomic E-state index is 0. The molecular weight excluding hydrogens is 298 g/mol. The molecule has 0 unspecified atom stereocenters. The molecule has 0 atom stereocenters. The van der Waals surface area contributed by atoms with E-state index in [-0.39, 0.29) is 49.8 Å². The Balaban J connectivity index is -0.00000000500. The van der Waals surface area contributed by atoms with Crippen LogP contribution in [0.2, 0.25) is 0 Å². The van der Waals surface area contributed by atoms with E-state index in [0.717, 1.165) is 0 Å². The second kappa shape index (κ2) is 18.3. The molecule has 0 aromatic rings.